The van der Waals surface area contributed by atoms with Crippen molar-refractivity contribution in [3.8, 4) is 11.4 Å². The van der Waals surface area contributed by atoms with E-state index in [2.05, 4.69) is 34.4 Å². The van der Waals surface area contributed by atoms with Crippen LogP contribution in [0.4, 0.5) is 5.82 Å². The van der Waals surface area contributed by atoms with Crippen molar-refractivity contribution in [2.24, 2.45) is 5.92 Å². The maximum absolute atomic E-state index is 12.8. The van der Waals surface area contributed by atoms with E-state index < -0.39 is 0 Å². The molecule has 34 heavy (non-hydrogen) atoms. The van der Waals surface area contributed by atoms with Gasteiger partial charge in [-0.05, 0) is 68.5 Å². The highest BCUT2D eigenvalue weighted by Crippen LogP contribution is 2.22. The molecule has 1 N–H and O–H groups in total. The van der Waals surface area contributed by atoms with Crippen molar-refractivity contribution in [2.75, 3.05) is 25.1 Å². The summed E-state index contributed by atoms with van der Waals surface area (Å²) in [4.78, 5) is 27.3. The Hall–Kier alpha value is -3.61. The van der Waals surface area contributed by atoms with Crippen molar-refractivity contribution in [1.29, 1.82) is 0 Å². The third kappa shape index (κ3) is 5.84. The number of aromatic nitrogens is 2. The summed E-state index contributed by atoms with van der Waals surface area (Å²) in [6.45, 7) is 3.52. The molecule has 0 aliphatic carbocycles. The molecule has 0 saturated carbocycles. The highest BCUT2D eigenvalue weighted by atomic mass is 16.5. The first-order valence-corrected chi connectivity index (χ1v) is 11.9. The summed E-state index contributed by atoms with van der Waals surface area (Å²) in [6.07, 6.45) is 3.41. The van der Waals surface area contributed by atoms with Crippen LogP contribution in [0.2, 0.25) is 0 Å². The minimum Gasteiger partial charge on any atom is -0.497 e. The Balaban J connectivity index is 1.31. The van der Waals surface area contributed by atoms with Gasteiger partial charge in [-0.25, -0.2) is 0 Å². The van der Waals surface area contributed by atoms with E-state index in [0.29, 0.717) is 5.69 Å². The number of carbonyl (C=O) groups excluding carboxylic acids is 1. The van der Waals surface area contributed by atoms with Gasteiger partial charge in [0.05, 0.1) is 12.8 Å². The number of rotatable bonds is 8. The molecule has 1 aromatic heterocycles. The molecule has 3 aromatic rings. The second-order valence-electron chi connectivity index (χ2n) is 8.83. The zero-order valence-electron chi connectivity index (χ0n) is 19.8. The lowest BCUT2D eigenvalue weighted by Crippen LogP contribution is -2.43. The van der Waals surface area contributed by atoms with E-state index in [1.165, 1.54) is 10.2 Å². The molecule has 1 amide bonds. The highest BCUT2D eigenvalue weighted by Gasteiger charge is 2.26. The van der Waals surface area contributed by atoms with E-state index in [1.807, 2.05) is 30.3 Å². The molecule has 2 heterocycles. The lowest BCUT2D eigenvalue weighted by atomic mass is 9.95. The lowest BCUT2D eigenvalue weighted by molar-refractivity contribution is -0.126. The van der Waals surface area contributed by atoms with E-state index in [0.717, 1.165) is 50.3 Å². The zero-order valence-corrected chi connectivity index (χ0v) is 19.8. The number of carbonyl (C=O) groups is 1. The van der Waals surface area contributed by atoms with E-state index in [4.69, 9.17) is 4.74 Å². The summed E-state index contributed by atoms with van der Waals surface area (Å²) in [5.74, 6) is 1.60. The van der Waals surface area contributed by atoms with E-state index in [1.54, 1.807) is 31.4 Å². The molecule has 1 aliphatic rings. The maximum atomic E-state index is 12.8. The molecule has 2 aromatic carbocycles. The van der Waals surface area contributed by atoms with Crippen LogP contribution in [-0.4, -0.2) is 41.9 Å². The molecule has 0 bridgehead atoms. The Bertz CT molecular complexity index is 1140. The topological polar surface area (TPSA) is 76.5 Å². The Morgan fingerprint density at radius 3 is 2.44 bits per heavy atom. The number of anilines is 1. The maximum Gasteiger partial charge on any atom is 0.271 e. The van der Waals surface area contributed by atoms with Gasteiger partial charge >= 0.3 is 0 Å². The third-order valence-electron chi connectivity index (χ3n) is 6.39. The van der Waals surface area contributed by atoms with Crippen LogP contribution in [0.1, 0.15) is 31.7 Å². The predicted molar refractivity (Wildman–Crippen MR) is 134 cm³/mol. The SMILES string of the molecule is COc1ccc(-n2nc(N3CCC(C(=O)N[C@H](C)CCc4ccccc4)CC3)ccc2=O)cc1. The van der Waals surface area contributed by atoms with Crippen molar-refractivity contribution in [3.63, 3.8) is 0 Å². The Kier molecular flexibility index (Phi) is 7.62. The van der Waals surface area contributed by atoms with Crippen molar-refractivity contribution in [3.05, 3.63) is 82.6 Å². The zero-order chi connectivity index (χ0) is 23.9. The second kappa shape index (κ2) is 11.0. The number of ether oxygens (including phenoxy) is 1. The molecule has 4 rings (SSSR count). The van der Waals surface area contributed by atoms with E-state index in [9.17, 15) is 9.59 Å². The van der Waals surface area contributed by atoms with E-state index >= 15 is 0 Å². The van der Waals surface area contributed by atoms with Gasteiger partial charge in [-0.15, -0.1) is 5.10 Å². The fourth-order valence-electron chi connectivity index (χ4n) is 4.31. The predicted octanol–water partition coefficient (Wildman–Crippen LogP) is 3.60. The Morgan fingerprint density at radius 1 is 1.06 bits per heavy atom. The molecule has 1 atom stereocenters. The summed E-state index contributed by atoms with van der Waals surface area (Å²) >= 11 is 0. The van der Waals surface area contributed by atoms with Crippen LogP contribution in [-0.2, 0) is 11.2 Å². The van der Waals surface area contributed by atoms with Crippen molar-refractivity contribution < 1.29 is 9.53 Å². The largest absolute Gasteiger partial charge is 0.497 e. The normalized spacial score (nSPS) is 15.1. The van der Waals surface area contributed by atoms with Gasteiger partial charge in [0.25, 0.3) is 5.56 Å². The quantitative estimate of drug-likeness (QED) is 0.556. The van der Waals surface area contributed by atoms with Crippen molar-refractivity contribution in [2.45, 2.75) is 38.6 Å². The van der Waals surface area contributed by atoms with Gasteiger partial charge in [-0.2, -0.15) is 4.68 Å². The molecule has 0 radical (unpaired) electrons. The molecule has 1 fully saturated rings. The molecule has 178 valence electrons. The van der Waals surface area contributed by atoms with Crippen LogP contribution in [0.3, 0.4) is 0 Å². The Morgan fingerprint density at radius 2 is 1.76 bits per heavy atom. The molecule has 0 unspecified atom stereocenters. The number of hydrogen-bond acceptors (Lipinski definition) is 5. The standard InChI is InChI=1S/C27H32N4O3/c1-20(8-9-21-6-4-3-5-7-21)28-27(33)22-16-18-30(19-17-22)25-14-15-26(32)31(29-25)23-10-12-24(34-2)13-11-23/h3-7,10-15,20,22H,8-9,16-19H2,1-2H3,(H,28,33)/t20-/m1/s1. The first kappa shape index (κ1) is 23.5. The summed E-state index contributed by atoms with van der Waals surface area (Å²) in [6, 6.07) is 21.0. The first-order chi connectivity index (χ1) is 16.5. The van der Waals surface area contributed by atoms with Crippen LogP contribution in [0, 0.1) is 5.92 Å². The summed E-state index contributed by atoms with van der Waals surface area (Å²) in [7, 11) is 1.61. The van der Waals surface area contributed by atoms with Gasteiger partial charge in [-0.1, -0.05) is 30.3 Å². The average Bonchev–Trinajstić information content (AvgIpc) is 2.88. The monoisotopic (exact) mass is 460 g/mol. The van der Waals surface area contributed by atoms with Crippen LogP contribution in [0.15, 0.2) is 71.5 Å². The number of piperidine rings is 1. The molecular weight excluding hydrogens is 428 g/mol. The number of methoxy groups -OCH3 is 1. The minimum atomic E-state index is -0.187. The molecule has 1 aliphatic heterocycles. The smallest absolute Gasteiger partial charge is 0.271 e. The van der Waals surface area contributed by atoms with Crippen LogP contribution in [0.25, 0.3) is 5.69 Å². The summed E-state index contributed by atoms with van der Waals surface area (Å²) in [5.41, 5.74) is 1.79. The van der Waals surface area contributed by atoms with Crippen molar-refractivity contribution >= 4 is 11.7 Å². The van der Waals surface area contributed by atoms with Gasteiger partial charge in [0, 0.05) is 31.1 Å². The van der Waals surface area contributed by atoms with Crippen LogP contribution >= 0.6 is 0 Å². The third-order valence-corrected chi connectivity index (χ3v) is 6.39. The van der Waals surface area contributed by atoms with Gasteiger partial charge in [0.15, 0.2) is 0 Å². The highest BCUT2D eigenvalue weighted by molar-refractivity contribution is 5.79. The van der Waals surface area contributed by atoms with E-state index in [-0.39, 0.29) is 23.4 Å². The van der Waals surface area contributed by atoms with Crippen LogP contribution in [0.5, 0.6) is 5.75 Å². The number of nitrogens with zero attached hydrogens (tertiary/aromatic N) is 3. The van der Waals surface area contributed by atoms with Crippen molar-refractivity contribution in [1.82, 2.24) is 15.1 Å². The number of hydrogen-bond donors (Lipinski definition) is 1. The molecule has 7 heteroatoms. The molecule has 1 saturated heterocycles. The molecule has 0 spiro atoms. The number of benzene rings is 2. The number of amides is 1. The molecule has 7 nitrogen and oxygen atoms in total. The second-order valence-corrected chi connectivity index (χ2v) is 8.83. The van der Waals surface area contributed by atoms with Gasteiger partial charge < -0.3 is 15.0 Å². The minimum absolute atomic E-state index is 0.00270. The van der Waals surface area contributed by atoms with Gasteiger partial charge in [-0.3, -0.25) is 9.59 Å². The molecular formula is C27H32N4O3. The van der Waals surface area contributed by atoms with Gasteiger partial charge in [0.2, 0.25) is 5.91 Å². The average molecular weight is 461 g/mol. The fraction of sp³-hybridized carbons (Fsp3) is 0.370. The summed E-state index contributed by atoms with van der Waals surface area (Å²) in [5, 5.41) is 7.77. The number of aryl methyl sites for hydroxylation is 1. The van der Waals surface area contributed by atoms with Crippen LogP contribution < -0.4 is 20.5 Å². The Labute approximate surface area is 200 Å². The lowest BCUT2D eigenvalue weighted by Gasteiger charge is -2.32. The first-order valence-electron chi connectivity index (χ1n) is 11.9. The van der Waals surface area contributed by atoms with Gasteiger partial charge in [0.1, 0.15) is 11.6 Å². The fourth-order valence-corrected chi connectivity index (χ4v) is 4.31. The number of nitrogens with one attached hydrogen (secondary N) is 1. The summed E-state index contributed by atoms with van der Waals surface area (Å²) < 4.78 is 6.60.